The first-order chi connectivity index (χ1) is 8.74. The fourth-order valence-electron chi connectivity index (χ4n) is 3.22. The molecule has 3 rings (SSSR count). The molecule has 0 radical (unpaired) electrons. The first-order valence-electron chi connectivity index (χ1n) is 6.81. The van der Waals surface area contributed by atoms with Gasteiger partial charge in [-0.05, 0) is 36.8 Å². The van der Waals surface area contributed by atoms with Crippen molar-refractivity contribution in [3.8, 4) is 0 Å². The second-order valence-corrected chi connectivity index (χ2v) is 5.46. The lowest BCUT2D eigenvalue weighted by Gasteiger charge is -2.28. The van der Waals surface area contributed by atoms with Gasteiger partial charge in [0.05, 0.1) is 0 Å². The van der Waals surface area contributed by atoms with Crippen LogP contribution in [0.25, 0.3) is 11.2 Å². The molecule has 1 saturated carbocycles. The summed E-state index contributed by atoms with van der Waals surface area (Å²) >= 11 is 0. The third-order valence-corrected chi connectivity index (χ3v) is 4.44. The number of nitrogens with two attached hydrogens (primary N) is 1. The van der Waals surface area contributed by atoms with E-state index < -0.39 is 0 Å². The lowest BCUT2D eigenvalue weighted by atomic mass is 9.83. The number of hydrogen-bond acceptors (Lipinski definition) is 3. The largest absolute Gasteiger partial charge is 0.369 e. The number of anilines is 1. The molecule has 1 aliphatic carbocycles. The number of aromatic nitrogens is 3. The van der Waals surface area contributed by atoms with Crippen molar-refractivity contribution >= 4 is 17.1 Å². The molecular formula is C14H20N4. The summed E-state index contributed by atoms with van der Waals surface area (Å²) in [4.78, 5) is 8.83. The van der Waals surface area contributed by atoms with Gasteiger partial charge in [0.15, 0.2) is 5.65 Å². The van der Waals surface area contributed by atoms with Crippen LogP contribution in [-0.2, 0) is 6.54 Å². The van der Waals surface area contributed by atoms with E-state index in [1.54, 1.807) is 0 Å². The van der Waals surface area contributed by atoms with Crippen molar-refractivity contribution in [1.29, 1.82) is 0 Å². The Morgan fingerprint density at radius 1 is 1.39 bits per heavy atom. The van der Waals surface area contributed by atoms with E-state index in [0.717, 1.165) is 17.7 Å². The fraction of sp³-hybridized carbons (Fsp3) is 0.571. The van der Waals surface area contributed by atoms with Gasteiger partial charge in [0.25, 0.3) is 0 Å². The molecule has 0 spiro atoms. The summed E-state index contributed by atoms with van der Waals surface area (Å²) < 4.78 is 2.10. The maximum atomic E-state index is 6.06. The molecule has 1 aliphatic rings. The van der Waals surface area contributed by atoms with Crippen LogP contribution in [0.4, 0.5) is 5.95 Å². The SMILES string of the molecule is CCC1(Cn2c(N)nc3cccnc32)CCCC1. The van der Waals surface area contributed by atoms with E-state index in [-0.39, 0.29) is 0 Å². The highest BCUT2D eigenvalue weighted by molar-refractivity contribution is 5.73. The second-order valence-electron chi connectivity index (χ2n) is 5.46. The van der Waals surface area contributed by atoms with Crippen LogP contribution >= 0.6 is 0 Å². The first-order valence-corrected chi connectivity index (χ1v) is 6.81. The maximum Gasteiger partial charge on any atom is 0.202 e. The van der Waals surface area contributed by atoms with Gasteiger partial charge in [-0.3, -0.25) is 4.57 Å². The molecule has 0 aromatic carbocycles. The highest BCUT2D eigenvalue weighted by Crippen LogP contribution is 2.43. The molecule has 4 nitrogen and oxygen atoms in total. The number of pyridine rings is 1. The van der Waals surface area contributed by atoms with Crippen molar-refractivity contribution in [2.45, 2.75) is 45.6 Å². The zero-order chi connectivity index (χ0) is 12.6. The number of nitrogen functional groups attached to an aromatic ring is 1. The Bertz CT molecular complexity index is 552. The molecule has 4 heteroatoms. The summed E-state index contributed by atoms with van der Waals surface area (Å²) in [6.07, 6.45) is 8.30. The van der Waals surface area contributed by atoms with Crippen molar-refractivity contribution in [2.75, 3.05) is 5.73 Å². The normalized spacial score (nSPS) is 18.5. The summed E-state index contributed by atoms with van der Waals surface area (Å²) in [6, 6.07) is 3.88. The minimum Gasteiger partial charge on any atom is -0.369 e. The Labute approximate surface area is 107 Å². The molecule has 2 aromatic rings. The summed E-state index contributed by atoms with van der Waals surface area (Å²) in [7, 11) is 0. The van der Waals surface area contributed by atoms with Crippen molar-refractivity contribution in [1.82, 2.24) is 14.5 Å². The monoisotopic (exact) mass is 244 g/mol. The van der Waals surface area contributed by atoms with E-state index in [2.05, 4.69) is 21.5 Å². The lowest BCUT2D eigenvalue weighted by Crippen LogP contribution is -2.23. The molecule has 96 valence electrons. The van der Waals surface area contributed by atoms with E-state index in [1.807, 2.05) is 18.3 Å². The number of fused-ring (bicyclic) bond motifs is 1. The smallest absolute Gasteiger partial charge is 0.202 e. The van der Waals surface area contributed by atoms with Gasteiger partial charge >= 0.3 is 0 Å². The summed E-state index contributed by atoms with van der Waals surface area (Å²) in [5.74, 6) is 0.600. The number of rotatable bonds is 3. The Kier molecular flexibility index (Phi) is 2.73. The molecule has 0 amide bonds. The molecule has 2 heterocycles. The van der Waals surface area contributed by atoms with Crippen LogP contribution in [0.1, 0.15) is 39.0 Å². The Morgan fingerprint density at radius 3 is 2.89 bits per heavy atom. The van der Waals surface area contributed by atoms with Crippen molar-refractivity contribution in [3.05, 3.63) is 18.3 Å². The topological polar surface area (TPSA) is 56.7 Å². The van der Waals surface area contributed by atoms with Crippen LogP contribution < -0.4 is 5.73 Å². The van der Waals surface area contributed by atoms with Gasteiger partial charge < -0.3 is 5.73 Å². The van der Waals surface area contributed by atoms with Gasteiger partial charge in [0.1, 0.15) is 5.52 Å². The molecule has 0 bridgehead atoms. The molecule has 1 fully saturated rings. The summed E-state index contributed by atoms with van der Waals surface area (Å²) in [5, 5.41) is 0. The highest BCUT2D eigenvalue weighted by atomic mass is 15.2. The Morgan fingerprint density at radius 2 is 2.17 bits per heavy atom. The van der Waals surface area contributed by atoms with E-state index >= 15 is 0 Å². The fourth-order valence-corrected chi connectivity index (χ4v) is 3.22. The van der Waals surface area contributed by atoms with Gasteiger partial charge in [-0.15, -0.1) is 0 Å². The van der Waals surface area contributed by atoms with Gasteiger partial charge in [0.2, 0.25) is 5.95 Å². The average molecular weight is 244 g/mol. The predicted molar refractivity (Wildman–Crippen MR) is 73.1 cm³/mol. The zero-order valence-corrected chi connectivity index (χ0v) is 10.9. The van der Waals surface area contributed by atoms with Gasteiger partial charge in [-0.2, -0.15) is 0 Å². The quantitative estimate of drug-likeness (QED) is 0.903. The first kappa shape index (κ1) is 11.5. The molecule has 0 unspecified atom stereocenters. The molecule has 18 heavy (non-hydrogen) atoms. The van der Waals surface area contributed by atoms with Crippen LogP contribution in [0.5, 0.6) is 0 Å². The minimum atomic E-state index is 0.402. The average Bonchev–Trinajstić information content (AvgIpc) is 2.97. The number of imidazole rings is 1. The van der Waals surface area contributed by atoms with Crippen LogP contribution in [0.15, 0.2) is 18.3 Å². The predicted octanol–water partition coefficient (Wildman–Crippen LogP) is 2.98. The summed E-state index contributed by atoms with van der Waals surface area (Å²) in [5.41, 5.74) is 8.29. The van der Waals surface area contributed by atoms with Crippen LogP contribution in [0.3, 0.4) is 0 Å². The third kappa shape index (κ3) is 1.76. The van der Waals surface area contributed by atoms with Crippen LogP contribution in [0.2, 0.25) is 0 Å². The zero-order valence-electron chi connectivity index (χ0n) is 10.9. The molecular weight excluding hydrogens is 224 g/mol. The number of hydrogen-bond donors (Lipinski definition) is 1. The highest BCUT2D eigenvalue weighted by Gasteiger charge is 2.33. The second kappa shape index (κ2) is 4.26. The Hall–Kier alpha value is -1.58. The Balaban J connectivity index is 2.01. The van der Waals surface area contributed by atoms with Crippen LogP contribution in [0, 0.1) is 5.41 Å². The molecule has 2 N–H and O–H groups in total. The summed E-state index contributed by atoms with van der Waals surface area (Å²) in [6.45, 7) is 3.25. The van der Waals surface area contributed by atoms with Crippen molar-refractivity contribution in [3.63, 3.8) is 0 Å². The minimum absolute atomic E-state index is 0.402. The van der Waals surface area contributed by atoms with E-state index in [0.29, 0.717) is 11.4 Å². The molecule has 0 aliphatic heterocycles. The van der Waals surface area contributed by atoms with E-state index in [1.165, 1.54) is 32.1 Å². The van der Waals surface area contributed by atoms with Crippen LogP contribution in [-0.4, -0.2) is 14.5 Å². The standard InChI is InChI=1S/C14H20N4/c1-2-14(7-3-4-8-14)10-18-12-11(17-13(18)15)6-5-9-16-12/h5-6,9H,2-4,7-8,10H2,1H3,(H2,15,17). The lowest BCUT2D eigenvalue weighted by molar-refractivity contribution is 0.241. The van der Waals surface area contributed by atoms with Crippen molar-refractivity contribution in [2.24, 2.45) is 5.41 Å². The van der Waals surface area contributed by atoms with E-state index in [9.17, 15) is 0 Å². The number of nitrogens with zero attached hydrogens (tertiary/aromatic N) is 3. The van der Waals surface area contributed by atoms with Gasteiger partial charge in [-0.1, -0.05) is 19.8 Å². The van der Waals surface area contributed by atoms with Crippen molar-refractivity contribution < 1.29 is 0 Å². The molecule has 0 atom stereocenters. The third-order valence-electron chi connectivity index (χ3n) is 4.44. The molecule has 0 saturated heterocycles. The van der Waals surface area contributed by atoms with Gasteiger partial charge in [-0.25, -0.2) is 9.97 Å². The van der Waals surface area contributed by atoms with Gasteiger partial charge in [0, 0.05) is 12.7 Å². The van der Waals surface area contributed by atoms with E-state index in [4.69, 9.17) is 5.73 Å². The molecule has 2 aromatic heterocycles. The maximum absolute atomic E-state index is 6.06.